The first-order valence-corrected chi connectivity index (χ1v) is 3.82. The van der Waals surface area contributed by atoms with Crippen LogP contribution in [0.5, 0.6) is 0 Å². The second kappa shape index (κ2) is 3.09. The lowest BCUT2D eigenvalue weighted by atomic mass is 9.85. The van der Waals surface area contributed by atoms with Gasteiger partial charge >= 0.3 is 0 Å². The van der Waals surface area contributed by atoms with Crippen molar-refractivity contribution in [1.29, 1.82) is 0 Å². The van der Waals surface area contributed by atoms with Crippen LogP contribution in [0.1, 0.15) is 27.7 Å². The zero-order valence-corrected chi connectivity index (χ0v) is 8.32. The van der Waals surface area contributed by atoms with Crippen molar-refractivity contribution in [2.75, 3.05) is 14.2 Å². The van der Waals surface area contributed by atoms with E-state index in [1.807, 2.05) is 27.7 Å². The van der Waals surface area contributed by atoms with Crippen LogP contribution in [0.15, 0.2) is 0 Å². The summed E-state index contributed by atoms with van der Waals surface area (Å²) in [5, 5.41) is 11.3. The Morgan fingerprint density at radius 2 is 1.55 bits per heavy atom. The van der Waals surface area contributed by atoms with E-state index in [1.54, 1.807) is 14.2 Å². The van der Waals surface area contributed by atoms with Crippen LogP contribution in [0.4, 0.5) is 0 Å². The average molecular weight is 161 g/mol. The zero-order valence-electron chi connectivity index (χ0n) is 8.32. The third-order valence-corrected chi connectivity index (χ3v) is 2.90. The van der Waals surface area contributed by atoms with Gasteiger partial charge in [-0.15, -0.1) is 0 Å². The molecule has 0 heterocycles. The van der Waals surface area contributed by atoms with Crippen LogP contribution in [0.3, 0.4) is 0 Å². The standard InChI is InChI=1S/C8H19NO2/c1-7(2,9(5)10)8(3,4)11-6/h9H,1-6H3. The maximum Gasteiger partial charge on any atom is 0.120 e. The Kier molecular flexibility index (Phi) is 3.06. The summed E-state index contributed by atoms with van der Waals surface area (Å²) >= 11 is 0. The fourth-order valence-corrected chi connectivity index (χ4v) is 0.679. The molecule has 0 aromatic rings. The van der Waals surface area contributed by atoms with Gasteiger partial charge in [0.2, 0.25) is 0 Å². The highest BCUT2D eigenvalue weighted by atomic mass is 16.5. The van der Waals surface area contributed by atoms with Gasteiger partial charge < -0.3 is 15.0 Å². The van der Waals surface area contributed by atoms with E-state index in [4.69, 9.17) is 4.74 Å². The van der Waals surface area contributed by atoms with Crippen molar-refractivity contribution in [3.63, 3.8) is 0 Å². The van der Waals surface area contributed by atoms with Gasteiger partial charge in [-0.2, -0.15) is 0 Å². The lowest BCUT2D eigenvalue weighted by Crippen LogP contribution is -3.15. The molecule has 0 aliphatic carbocycles. The number of rotatable bonds is 3. The number of nitrogens with one attached hydrogen (secondary N) is 1. The molecule has 68 valence electrons. The predicted molar refractivity (Wildman–Crippen MR) is 45.4 cm³/mol. The molecule has 0 bridgehead atoms. The molecule has 1 unspecified atom stereocenters. The van der Waals surface area contributed by atoms with Gasteiger partial charge in [0.15, 0.2) is 0 Å². The summed E-state index contributed by atoms with van der Waals surface area (Å²) in [4.78, 5) is 0. The van der Waals surface area contributed by atoms with Crippen molar-refractivity contribution in [3.05, 3.63) is 5.21 Å². The second-order valence-electron chi connectivity index (χ2n) is 3.90. The van der Waals surface area contributed by atoms with E-state index in [9.17, 15) is 5.21 Å². The Hall–Kier alpha value is -0.120. The maximum absolute atomic E-state index is 11.2. The van der Waals surface area contributed by atoms with Gasteiger partial charge in [0.05, 0.1) is 7.05 Å². The van der Waals surface area contributed by atoms with Crippen molar-refractivity contribution < 1.29 is 9.80 Å². The zero-order chi connectivity index (χ0) is 9.28. The minimum absolute atomic E-state index is 0.157. The molecule has 0 aliphatic heterocycles. The van der Waals surface area contributed by atoms with E-state index < -0.39 is 11.1 Å². The van der Waals surface area contributed by atoms with Gasteiger partial charge in [0.1, 0.15) is 11.1 Å². The van der Waals surface area contributed by atoms with E-state index in [1.165, 1.54) is 0 Å². The van der Waals surface area contributed by atoms with Crippen LogP contribution in [0.25, 0.3) is 0 Å². The van der Waals surface area contributed by atoms with Crippen molar-refractivity contribution in [3.8, 4) is 0 Å². The van der Waals surface area contributed by atoms with Crippen LogP contribution < -0.4 is 5.06 Å². The first-order chi connectivity index (χ1) is 4.75. The molecule has 0 saturated heterocycles. The third kappa shape index (κ3) is 1.92. The minimum Gasteiger partial charge on any atom is -0.634 e. The molecule has 0 aromatic heterocycles. The number of likely N-dealkylation sites (N-methyl/N-ethyl adjacent to an activating group) is 1. The Balaban J connectivity index is 4.53. The van der Waals surface area contributed by atoms with Crippen molar-refractivity contribution >= 4 is 0 Å². The monoisotopic (exact) mass is 161 g/mol. The predicted octanol–water partition coefficient (Wildman–Crippen LogP) is 0.203. The van der Waals surface area contributed by atoms with E-state index in [0.29, 0.717) is 0 Å². The van der Waals surface area contributed by atoms with Gasteiger partial charge in [0.25, 0.3) is 0 Å². The van der Waals surface area contributed by atoms with E-state index in [-0.39, 0.29) is 5.06 Å². The molecule has 0 rings (SSSR count). The Labute approximate surface area is 68.9 Å². The topological polar surface area (TPSA) is 36.7 Å². The molecule has 0 fully saturated rings. The Bertz CT molecular complexity index is 130. The number of hydrogen-bond donors (Lipinski definition) is 1. The molecule has 3 heteroatoms. The summed E-state index contributed by atoms with van der Waals surface area (Å²) in [6.45, 7) is 7.65. The second-order valence-corrected chi connectivity index (χ2v) is 3.90. The average Bonchev–Trinajstić information content (AvgIpc) is 1.87. The quantitative estimate of drug-likeness (QED) is 0.600. The molecule has 0 amide bonds. The molecule has 0 aliphatic rings. The number of quaternary nitrogens is 1. The van der Waals surface area contributed by atoms with Crippen molar-refractivity contribution in [2.24, 2.45) is 0 Å². The summed E-state index contributed by atoms with van der Waals surface area (Å²) in [6, 6.07) is 0. The SMILES string of the molecule is COC(C)(C)C(C)(C)[NH+](C)[O-]. The van der Waals surface area contributed by atoms with Crippen LogP contribution in [0, 0.1) is 5.21 Å². The van der Waals surface area contributed by atoms with Gasteiger partial charge in [-0.25, -0.2) is 0 Å². The molecule has 3 nitrogen and oxygen atoms in total. The molecule has 0 aromatic carbocycles. The van der Waals surface area contributed by atoms with Gasteiger partial charge in [-0.05, 0) is 27.7 Å². The molecular formula is C8H19NO2. The third-order valence-electron chi connectivity index (χ3n) is 2.90. The molecule has 1 atom stereocenters. The molecule has 1 N–H and O–H groups in total. The molecular weight excluding hydrogens is 142 g/mol. The highest BCUT2D eigenvalue weighted by molar-refractivity contribution is 4.87. The summed E-state index contributed by atoms with van der Waals surface area (Å²) in [5.74, 6) is 0. The fraction of sp³-hybridized carbons (Fsp3) is 1.00. The number of hydroxylamine groups is 2. The smallest absolute Gasteiger partial charge is 0.120 e. The maximum atomic E-state index is 11.2. The number of ether oxygens (including phenoxy) is 1. The minimum atomic E-state index is -0.415. The van der Waals surface area contributed by atoms with Crippen LogP contribution in [-0.2, 0) is 4.74 Å². The Morgan fingerprint density at radius 3 is 1.64 bits per heavy atom. The van der Waals surface area contributed by atoms with Crippen molar-refractivity contribution in [1.82, 2.24) is 0 Å². The van der Waals surface area contributed by atoms with Gasteiger partial charge in [-0.1, -0.05) is 0 Å². The summed E-state index contributed by atoms with van der Waals surface area (Å²) in [7, 11) is 3.23. The van der Waals surface area contributed by atoms with Crippen LogP contribution in [-0.4, -0.2) is 25.3 Å². The van der Waals surface area contributed by atoms with Crippen molar-refractivity contribution in [2.45, 2.75) is 38.8 Å². The fourth-order valence-electron chi connectivity index (χ4n) is 0.679. The van der Waals surface area contributed by atoms with Crippen LogP contribution in [0.2, 0.25) is 0 Å². The lowest BCUT2D eigenvalue weighted by Gasteiger charge is -2.45. The molecule has 0 saturated carbocycles. The summed E-state index contributed by atoms with van der Waals surface area (Å²) in [6.07, 6.45) is 0. The van der Waals surface area contributed by atoms with E-state index in [0.717, 1.165) is 0 Å². The van der Waals surface area contributed by atoms with Crippen LogP contribution >= 0.6 is 0 Å². The number of methoxy groups -OCH3 is 1. The van der Waals surface area contributed by atoms with Gasteiger partial charge in [0, 0.05) is 7.11 Å². The van der Waals surface area contributed by atoms with E-state index in [2.05, 4.69) is 0 Å². The lowest BCUT2D eigenvalue weighted by molar-refractivity contribution is -0.890. The highest BCUT2D eigenvalue weighted by Crippen LogP contribution is 2.20. The molecule has 11 heavy (non-hydrogen) atoms. The summed E-state index contributed by atoms with van der Waals surface area (Å²) < 4.78 is 5.24. The first-order valence-electron chi connectivity index (χ1n) is 3.82. The molecule has 0 radical (unpaired) electrons. The Morgan fingerprint density at radius 1 is 1.18 bits per heavy atom. The molecule has 0 spiro atoms. The highest BCUT2D eigenvalue weighted by Gasteiger charge is 2.41. The number of hydrogen-bond acceptors (Lipinski definition) is 2. The summed E-state index contributed by atoms with van der Waals surface area (Å²) in [5.41, 5.74) is -0.805. The first kappa shape index (κ1) is 10.9. The van der Waals surface area contributed by atoms with Gasteiger partial charge in [-0.3, -0.25) is 0 Å². The van der Waals surface area contributed by atoms with E-state index >= 15 is 0 Å². The largest absolute Gasteiger partial charge is 0.634 e. The normalized spacial score (nSPS) is 16.6.